The van der Waals surface area contributed by atoms with E-state index in [1.54, 1.807) is 26.0 Å². The molecule has 1 fully saturated rings. The van der Waals surface area contributed by atoms with Crippen molar-refractivity contribution in [3.8, 4) is 0 Å². The third-order valence-electron chi connectivity index (χ3n) is 5.99. The highest BCUT2D eigenvalue weighted by molar-refractivity contribution is 6.24. The number of piperidine rings is 1. The zero-order valence-electron chi connectivity index (χ0n) is 18.1. The number of carbonyl (C=O) groups is 2. The van der Waals surface area contributed by atoms with E-state index in [9.17, 15) is 9.59 Å². The van der Waals surface area contributed by atoms with Crippen LogP contribution in [-0.2, 0) is 19.1 Å². The molecule has 30 heavy (non-hydrogen) atoms. The average molecular weight is 419 g/mol. The SMILES string of the molecule is C.CCOC(=O)OC1=C(c2c(C)cc(C)cc2C)C(=O)N(C)C12CCN(OC)CC2. The lowest BCUT2D eigenvalue weighted by Crippen LogP contribution is -2.53. The maximum absolute atomic E-state index is 13.5. The zero-order valence-corrected chi connectivity index (χ0v) is 18.1. The van der Waals surface area contributed by atoms with Crippen LogP contribution in [0.4, 0.5) is 4.79 Å². The summed E-state index contributed by atoms with van der Waals surface area (Å²) in [6.07, 6.45) is 0.426. The van der Waals surface area contributed by atoms with Gasteiger partial charge in [0.15, 0.2) is 5.76 Å². The van der Waals surface area contributed by atoms with Crippen LogP contribution in [0.15, 0.2) is 17.9 Å². The fourth-order valence-electron chi connectivity index (χ4n) is 4.62. The third-order valence-corrected chi connectivity index (χ3v) is 5.99. The Bertz CT molecular complexity index is 830. The number of aryl methyl sites for hydroxylation is 3. The van der Waals surface area contributed by atoms with Crippen LogP contribution in [0.2, 0.25) is 0 Å². The highest BCUT2D eigenvalue weighted by atomic mass is 16.7. The molecule has 2 heterocycles. The number of nitrogens with zero attached hydrogens (tertiary/aromatic N) is 2. The number of benzene rings is 1. The molecule has 1 aromatic carbocycles. The fraction of sp³-hybridized carbons (Fsp3) is 0.565. The third kappa shape index (κ3) is 3.96. The van der Waals surface area contributed by atoms with E-state index in [-0.39, 0.29) is 19.9 Å². The number of hydrogen-bond acceptors (Lipinski definition) is 6. The van der Waals surface area contributed by atoms with Gasteiger partial charge < -0.3 is 19.2 Å². The Morgan fingerprint density at radius 3 is 2.20 bits per heavy atom. The van der Waals surface area contributed by atoms with Gasteiger partial charge in [0.2, 0.25) is 0 Å². The molecule has 2 aliphatic heterocycles. The predicted molar refractivity (Wildman–Crippen MR) is 116 cm³/mol. The van der Waals surface area contributed by atoms with Gasteiger partial charge in [-0.3, -0.25) is 4.79 Å². The van der Waals surface area contributed by atoms with Gasteiger partial charge in [0.1, 0.15) is 5.54 Å². The molecule has 0 unspecified atom stereocenters. The number of rotatable bonds is 4. The van der Waals surface area contributed by atoms with Crippen LogP contribution < -0.4 is 0 Å². The van der Waals surface area contributed by atoms with Crippen molar-refractivity contribution in [1.82, 2.24) is 9.96 Å². The number of likely N-dealkylation sites (N-methyl/N-ethyl adjacent to an activating group) is 1. The van der Waals surface area contributed by atoms with Crippen LogP contribution in [0.1, 0.15) is 49.4 Å². The molecule has 0 aliphatic carbocycles. The van der Waals surface area contributed by atoms with Crippen molar-refractivity contribution in [2.75, 3.05) is 33.9 Å². The molecular weight excluding hydrogens is 384 g/mol. The molecular formula is C23H34N2O5. The number of hydrogen-bond donors (Lipinski definition) is 0. The topological polar surface area (TPSA) is 68.3 Å². The lowest BCUT2D eigenvalue weighted by molar-refractivity contribution is -0.162. The van der Waals surface area contributed by atoms with Gasteiger partial charge in [-0.05, 0) is 57.2 Å². The van der Waals surface area contributed by atoms with E-state index in [1.165, 1.54) is 0 Å². The normalized spacial score (nSPS) is 18.6. The summed E-state index contributed by atoms with van der Waals surface area (Å²) in [6, 6.07) is 4.09. The van der Waals surface area contributed by atoms with E-state index in [2.05, 4.69) is 0 Å². The van der Waals surface area contributed by atoms with Gasteiger partial charge in [0, 0.05) is 20.1 Å². The Hall–Kier alpha value is -2.38. The van der Waals surface area contributed by atoms with E-state index < -0.39 is 11.7 Å². The maximum atomic E-state index is 13.5. The van der Waals surface area contributed by atoms with E-state index in [0.29, 0.717) is 37.3 Å². The number of hydroxylamine groups is 2. The molecule has 0 N–H and O–H groups in total. The van der Waals surface area contributed by atoms with Gasteiger partial charge in [0.25, 0.3) is 5.91 Å². The summed E-state index contributed by atoms with van der Waals surface area (Å²) in [5.41, 5.74) is 3.68. The maximum Gasteiger partial charge on any atom is 0.513 e. The smallest absolute Gasteiger partial charge is 0.434 e. The Labute approximate surface area is 179 Å². The summed E-state index contributed by atoms with van der Waals surface area (Å²) in [4.78, 5) is 32.9. The molecule has 7 heteroatoms. The van der Waals surface area contributed by atoms with E-state index >= 15 is 0 Å². The second kappa shape index (κ2) is 9.18. The van der Waals surface area contributed by atoms with Crippen LogP contribution >= 0.6 is 0 Å². The van der Waals surface area contributed by atoms with Crippen molar-refractivity contribution in [1.29, 1.82) is 0 Å². The monoisotopic (exact) mass is 418 g/mol. The lowest BCUT2D eigenvalue weighted by atomic mass is 9.84. The molecule has 0 atom stereocenters. The average Bonchev–Trinajstić information content (AvgIpc) is 2.85. The van der Waals surface area contributed by atoms with Crippen molar-refractivity contribution in [3.63, 3.8) is 0 Å². The highest BCUT2D eigenvalue weighted by Gasteiger charge is 2.54. The molecule has 1 spiro atoms. The quantitative estimate of drug-likeness (QED) is 0.689. The molecule has 7 nitrogen and oxygen atoms in total. The molecule has 0 bridgehead atoms. The van der Waals surface area contributed by atoms with Crippen LogP contribution in [0.5, 0.6) is 0 Å². The Balaban J connectivity index is 0.00000320. The molecule has 2 aliphatic rings. The summed E-state index contributed by atoms with van der Waals surface area (Å²) in [6.45, 7) is 9.18. The lowest BCUT2D eigenvalue weighted by Gasteiger charge is -2.43. The number of ether oxygens (including phenoxy) is 2. The molecule has 0 saturated carbocycles. The first kappa shape index (κ1) is 23.9. The van der Waals surface area contributed by atoms with Crippen molar-refractivity contribution in [3.05, 3.63) is 40.1 Å². The summed E-state index contributed by atoms with van der Waals surface area (Å²) in [7, 11) is 3.42. The summed E-state index contributed by atoms with van der Waals surface area (Å²) >= 11 is 0. The summed E-state index contributed by atoms with van der Waals surface area (Å²) in [5.74, 6) is 0.263. The van der Waals surface area contributed by atoms with Gasteiger partial charge in [0.05, 0.1) is 19.3 Å². The fourth-order valence-corrected chi connectivity index (χ4v) is 4.62. The van der Waals surface area contributed by atoms with E-state index in [0.717, 1.165) is 22.3 Å². The van der Waals surface area contributed by atoms with Crippen LogP contribution in [-0.4, -0.2) is 61.4 Å². The van der Waals surface area contributed by atoms with Crippen molar-refractivity contribution in [2.45, 2.75) is 53.5 Å². The Morgan fingerprint density at radius 2 is 1.70 bits per heavy atom. The van der Waals surface area contributed by atoms with Crippen molar-refractivity contribution in [2.24, 2.45) is 0 Å². The molecule has 3 rings (SSSR count). The summed E-state index contributed by atoms with van der Waals surface area (Å²) < 4.78 is 10.8. The van der Waals surface area contributed by atoms with Gasteiger partial charge in [-0.15, -0.1) is 0 Å². The second-order valence-corrected chi connectivity index (χ2v) is 7.77. The van der Waals surface area contributed by atoms with E-state index in [1.807, 2.05) is 38.0 Å². The summed E-state index contributed by atoms with van der Waals surface area (Å²) in [5, 5.41) is 1.85. The second-order valence-electron chi connectivity index (χ2n) is 7.77. The first-order valence-corrected chi connectivity index (χ1v) is 10.00. The van der Waals surface area contributed by atoms with Gasteiger partial charge in [-0.25, -0.2) is 4.79 Å². The molecule has 166 valence electrons. The minimum absolute atomic E-state index is 0. The Morgan fingerprint density at radius 1 is 1.13 bits per heavy atom. The van der Waals surface area contributed by atoms with Gasteiger partial charge >= 0.3 is 6.16 Å². The first-order chi connectivity index (χ1) is 13.7. The van der Waals surface area contributed by atoms with Crippen LogP contribution in [0.25, 0.3) is 5.57 Å². The molecule has 0 aromatic heterocycles. The van der Waals surface area contributed by atoms with Crippen molar-refractivity contribution < 1.29 is 23.9 Å². The largest absolute Gasteiger partial charge is 0.513 e. The van der Waals surface area contributed by atoms with Gasteiger partial charge in [-0.2, -0.15) is 5.06 Å². The molecule has 1 amide bonds. The van der Waals surface area contributed by atoms with Crippen molar-refractivity contribution >= 4 is 17.6 Å². The van der Waals surface area contributed by atoms with Gasteiger partial charge in [-0.1, -0.05) is 25.1 Å². The van der Waals surface area contributed by atoms with Crippen LogP contribution in [0.3, 0.4) is 0 Å². The molecule has 1 saturated heterocycles. The standard InChI is InChI=1S/C22H30N2O5.CH4/c1-7-28-21(26)29-19-18(17-15(3)12-14(2)13-16(17)4)20(25)23(5)22(19)8-10-24(27-6)11-9-22;/h12-13H,7-11H2,1-6H3;1H4. The molecule has 0 radical (unpaired) electrons. The van der Waals surface area contributed by atoms with Crippen LogP contribution in [0, 0.1) is 20.8 Å². The Kier molecular flexibility index (Phi) is 7.31. The zero-order chi connectivity index (χ0) is 21.3. The number of amides is 1. The van der Waals surface area contributed by atoms with E-state index in [4.69, 9.17) is 14.3 Å². The minimum Gasteiger partial charge on any atom is -0.434 e. The first-order valence-electron chi connectivity index (χ1n) is 10.00. The minimum atomic E-state index is -0.779. The number of carbonyl (C=O) groups excluding carboxylic acids is 2. The molecule has 1 aromatic rings. The highest BCUT2D eigenvalue weighted by Crippen LogP contribution is 2.47. The predicted octanol–water partition coefficient (Wildman–Crippen LogP) is 4.00.